The third kappa shape index (κ3) is 4.70. The Morgan fingerprint density at radius 2 is 2.07 bits per heavy atom. The first kappa shape index (κ1) is 21.5. The van der Waals surface area contributed by atoms with Gasteiger partial charge in [-0.25, -0.2) is 4.98 Å². The Balaban J connectivity index is 2.15. The van der Waals surface area contributed by atoms with E-state index in [1.807, 2.05) is 12.1 Å². The summed E-state index contributed by atoms with van der Waals surface area (Å²) in [6, 6.07) is 6.70. The average molecular weight is 418 g/mol. The highest BCUT2D eigenvalue weighted by Gasteiger charge is 2.38. The second kappa shape index (κ2) is 9.09. The summed E-state index contributed by atoms with van der Waals surface area (Å²) in [5, 5.41) is 10.6. The van der Waals surface area contributed by atoms with E-state index >= 15 is 0 Å². The van der Waals surface area contributed by atoms with Crippen molar-refractivity contribution >= 4 is 17.5 Å². The second-order valence-electron chi connectivity index (χ2n) is 7.83. The Bertz CT molecular complexity index is 924. The molecule has 0 bridgehead atoms. The number of rotatable bonds is 6. The van der Waals surface area contributed by atoms with Gasteiger partial charge in [0, 0.05) is 30.0 Å². The number of halogens is 1. The number of benzene rings is 1. The number of aromatic nitrogens is 2. The molecule has 6 nitrogen and oxygen atoms in total. The van der Waals surface area contributed by atoms with Crippen molar-refractivity contribution in [3.8, 4) is 11.4 Å². The number of unbranched alkanes of at least 4 members (excludes halogenated alkanes) is 1. The third-order valence-corrected chi connectivity index (χ3v) is 5.74. The van der Waals surface area contributed by atoms with Gasteiger partial charge in [0.25, 0.3) is 5.56 Å². The molecule has 1 aromatic heterocycles. The van der Waals surface area contributed by atoms with Crippen molar-refractivity contribution in [3.05, 3.63) is 50.9 Å². The van der Waals surface area contributed by atoms with Crippen molar-refractivity contribution in [1.29, 1.82) is 0 Å². The number of hydrogen-bond acceptors (Lipinski definition) is 4. The summed E-state index contributed by atoms with van der Waals surface area (Å²) in [5.74, 6) is 0.399. The second-order valence-corrected chi connectivity index (χ2v) is 8.27. The van der Waals surface area contributed by atoms with Crippen LogP contribution >= 0.6 is 11.6 Å². The Morgan fingerprint density at radius 1 is 1.38 bits per heavy atom. The Hall–Kier alpha value is -2.18. The van der Waals surface area contributed by atoms with Crippen LogP contribution in [0.4, 0.5) is 0 Å². The van der Waals surface area contributed by atoms with Gasteiger partial charge in [0.05, 0.1) is 23.4 Å². The van der Waals surface area contributed by atoms with E-state index in [0.717, 1.165) is 30.5 Å². The van der Waals surface area contributed by atoms with Crippen LogP contribution in [0.15, 0.2) is 29.1 Å². The lowest BCUT2D eigenvalue weighted by Crippen LogP contribution is -2.45. The summed E-state index contributed by atoms with van der Waals surface area (Å²) in [7, 11) is 0. The van der Waals surface area contributed by atoms with Gasteiger partial charge in [0.15, 0.2) is 0 Å². The number of fused-ring (bicyclic) bond motifs is 1. The normalized spacial score (nSPS) is 19.7. The molecule has 1 aliphatic rings. The molecule has 3 rings (SSSR count). The van der Waals surface area contributed by atoms with E-state index in [2.05, 4.69) is 11.9 Å². The molecule has 3 unspecified atom stereocenters. The quantitative estimate of drug-likeness (QED) is 0.742. The predicted molar refractivity (Wildman–Crippen MR) is 114 cm³/mol. The van der Waals surface area contributed by atoms with Crippen LogP contribution < -0.4 is 5.56 Å². The van der Waals surface area contributed by atoms with Crippen molar-refractivity contribution in [2.24, 2.45) is 0 Å². The van der Waals surface area contributed by atoms with Gasteiger partial charge in [0.1, 0.15) is 5.82 Å². The fraction of sp³-hybridized carbons (Fsp3) is 0.500. The molecule has 1 aromatic carbocycles. The summed E-state index contributed by atoms with van der Waals surface area (Å²) in [6.45, 7) is 5.81. The standard InChI is InChI=1S/C22H28ClN3O3/c1-4-5-6-16-12-26(14(3)28)18(11-13(2)27)19-20(16)24-21(25-22(19)29)15-7-9-17(23)10-8-15/h7-10,13,16,18,27H,4-6,11-12H2,1-3H3,(H,24,25,29). The van der Waals surface area contributed by atoms with E-state index in [1.54, 1.807) is 24.0 Å². The van der Waals surface area contributed by atoms with E-state index in [0.29, 0.717) is 29.4 Å². The number of carbonyl (C=O) groups is 1. The average Bonchev–Trinajstić information content (AvgIpc) is 2.66. The fourth-order valence-corrected chi connectivity index (χ4v) is 4.21. The third-order valence-electron chi connectivity index (χ3n) is 5.49. The molecule has 7 heteroatoms. The summed E-state index contributed by atoms with van der Waals surface area (Å²) >= 11 is 5.99. The van der Waals surface area contributed by atoms with Gasteiger partial charge in [-0.05, 0) is 44.0 Å². The molecular weight excluding hydrogens is 390 g/mol. The van der Waals surface area contributed by atoms with Crippen LogP contribution in [0, 0.1) is 0 Å². The molecule has 29 heavy (non-hydrogen) atoms. The molecule has 0 aliphatic carbocycles. The number of aliphatic hydroxyl groups is 1. The zero-order valence-corrected chi connectivity index (χ0v) is 17.9. The van der Waals surface area contributed by atoms with Gasteiger partial charge in [-0.2, -0.15) is 0 Å². The predicted octanol–water partition coefficient (Wildman–Crippen LogP) is 4.04. The number of hydrogen-bond donors (Lipinski definition) is 2. The summed E-state index contributed by atoms with van der Waals surface area (Å²) in [5.41, 5.74) is 1.78. The number of aliphatic hydroxyl groups excluding tert-OH is 1. The zero-order chi connectivity index (χ0) is 21.1. The van der Waals surface area contributed by atoms with Crippen molar-refractivity contribution < 1.29 is 9.90 Å². The summed E-state index contributed by atoms with van der Waals surface area (Å²) in [4.78, 5) is 35.0. The maximum atomic E-state index is 13.2. The maximum absolute atomic E-state index is 13.2. The lowest BCUT2D eigenvalue weighted by molar-refractivity contribution is -0.132. The highest BCUT2D eigenvalue weighted by atomic mass is 35.5. The van der Waals surface area contributed by atoms with Crippen LogP contribution in [0.5, 0.6) is 0 Å². The Labute approximate surface area is 175 Å². The van der Waals surface area contributed by atoms with Gasteiger partial charge >= 0.3 is 0 Å². The molecular formula is C22H28ClN3O3. The van der Waals surface area contributed by atoms with Crippen molar-refractivity contribution in [2.45, 2.75) is 64.5 Å². The number of nitrogens with one attached hydrogen (secondary N) is 1. The van der Waals surface area contributed by atoms with Crippen LogP contribution in [-0.4, -0.2) is 38.5 Å². The van der Waals surface area contributed by atoms with Gasteiger partial charge in [-0.1, -0.05) is 31.4 Å². The Kier molecular flexibility index (Phi) is 6.75. The highest BCUT2D eigenvalue weighted by molar-refractivity contribution is 6.30. The van der Waals surface area contributed by atoms with Gasteiger partial charge in [-0.15, -0.1) is 0 Å². The minimum atomic E-state index is -0.641. The van der Waals surface area contributed by atoms with Crippen molar-refractivity contribution in [2.75, 3.05) is 6.54 Å². The van der Waals surface area contributed by atoms with Gasteiger partial charge < -0.3 is 15.0 Å². The van der Waals surface area contributed by atoms with E-state index in [1.165, 1.54) is 6.92 Å². The van der Waals surface area contributed by atoms with Crippen LogP contribution in [0.25, 0.3) is 11.4 Å². The smallest absolute Gasteiger partial charge is 0.256 e. The number of aromatic amines is 1. The lowest BCUT2D eigenvalue weighted by atomic mass is 9.84. The minimum absolute atomic E-state index is 0.00699. The van der Waals surface area contributed by atoms with E-state index in [-0.39, 0.29) is 17.4 Å². The highest BCUT2D eigenvalue weighted by Crippen LogP contribution is 2.38. The molecule has 0 spiro atoms. The monoisotopic (exact) mass is 417 g/mol. The summed E-state index contributed by atoms with van der Waals surface area (Å²) in [6.07, 6.45) is 2.53. The number of amides is 1. The Morgan fingerprint density at radius 3 is 2.66 bits per heavy atom. The molecule has 2 heterocycles. The lowest BCUT2D eigenvalue weighted by Gasteiger charge is -2.40. The first-order valence-corrected chi connectivity index (χ1v) is 10.5. The molecule has 0 fully saturated rings. The molecule has 0 saturated heterocycles. The molecule has 1 amide bonds. The van der Waals surface area contributed by atoms with E-state index < -0.39 is 12.1 Å². The summed E-state index contributed by atoms with van der Waals surface area (Å²) < 4.78 is 0. The van der Waals surface area contributed by atoms with Crippen LogP contribution in [0.2, 0.25) is 5.02 Å². The fourth-order valence-electron chi connectivity index (χ4n) is 4.08. The van der Waals surface area contributed by atoms with E-state index in [4.69, 9.17) is 16.6 Å². The number of nitrogens with zero attached hydrogens (tertiary/aromatic N) is 2. The molecule has 0 saturated carbocycles. The van der Waals surface area contributed by atoms with Crippen LogP contribution in [0.3, 0.4) is 0 Å². The first-order chi connectivity index (χ1) is 13.8. The van der Waals surface area contributed by atoms with Crippen LogP contribution in [-0.2, 0) is 4.79 Å². The number of H-pyrrole nitrogens is 1. The molecule has 1 aliphatic heterocycles. The zero-order valence-electron chi connectivity index (χ0n) is 17.1. The molecule has 2 N–H and O–H groups in total. The SMILES string of the molecule is CCCCC1CN(C(C)=O)C(CC(C)O)c2c1nc(-c1ccc(Cl)cc1)[nH]c2=O. The van der Waals surface area contributed by atoms with Gasteiger partial charge in [0.2, 0.25) is 5.91 Å². The van der Waals surface area contributed by atoms with E-state index in [9.17, 15) is 14.7 Å². The molecule has 156 valence electrons. The minimum Gasteiger partial charge on any atom is -0.393 e. The largest absolute Gasteiger partial charge is 0.393 e. The molecule has 3 atom stereocenters. The molecule has 2 aromatic rings. The maximum Gasteiger partial charge on any atom is 0.256 e. The van der Waals surface area contributed by atoms with Crippen molar-refractivity contribution in [3.63, 3.8) is 0 Å². The first-order valence-electron chi connectivity index (χ1n) is 10.2. The van der Waals surface area contributed by atoms with Crippen LogP contribution in [0.1, 0.15) is 69.7 Å². The molecule has 0 radical (unpaired) electrons. The number of carbonyl (C=O) groups excluding carboxylic acids is 1. The topological polar surface area (TPSA) is 86.3 Å². The van der Waals surface area contributed by atoms with Crippen molar-refractivity contribution in [1.82, 2.24) is 14.9 Å². The van der Waals surface area contributed by atoms with Gasteiger partial charge in [-0.3, -0.25) is 9.59 Å².